The van der Waals surface area contributed by atoms with E-state index in [1.165, 1.54) is 6.42 Å². The largest absolute Gasteiger partial charge is 0.516 e. The van der Waals surface area contributed by atoms with Crippen molar-refractivity contribution in [2.45, 2.75) is 39.0 Å². The highest BCUT2D eigenvalue weighted by molar-refractivity contribution is 5.06. The van der Waals surface area contributed by atoms with E-state index in [1.54, 1.807) is 6.08 Å². The molecule has 19 heavy (non-hydrogen) atoms. The van der Waals surface area contributed by atoms with Gasteiger partial charge in [-0.05, 0) is 31.8 Å². The Hall–Kier alpha value is -1.76. The Kier molecular flexibility index (Phi) is 14.7. The second-order valence-electron chi connectivity index (χ2n) is 4.06. The summed E-state index contributed by atoms with van der Waals surface area (Å²) < 4.78 is 0. The lowest BCUT2D eigenvalue weighted by Gasteiger charge is -1.84. The molecule has 0 amide bonds. The van der Waals surface area contributed by atoms with Gasteiger partial charge in [-0.2, -0.15) is 0 Å². The quantitative estimate of drug-likeness (QED) is 0.298. The maximum atomic E-state index is 8.40. The van der Waals surface area contributed by atoms with E-state index >= 15 is 0 Å². The summed E-state index contributed by atoms with van der Waals surface area (Å²) in [6.07, 6.45) is 28.9. The maximum absolute atomic E-state index is 8.40. The Morgan fingerprint density at radius 1 is 0.632 bits per heavy atom. The Morgan fingerprint density at radius 3 is 1.63 bits per heavy atom. The number of unbranched alkanes of at least 4 members (excludes halogenated alkanes) is 1. The third kappa shape index (κ3) is 16.2. The number of hydrogen-bond donors (Lipinski definition) is 1. The highest BCUT2D eigenvalue weighted by atomic mass is 16.2. The van der Waals surface area contributed by atoms with Crippen molar-refractivity contribution in [3.8, 4) is 0 Å². The first-order valence-corrected chi connectivity index (χ1v) is 6.99. The molecule has 1 heteroatoms. The van der Waals surface area contributed by atoms with Crippen molar-refractivity contribution >= 4 is 0 Å². The molecule has 0 bridgehead atoms. The highest BCUT2D eigenvalue weighted by Gasteiger charge is 1.74. The SMILES string of the molecule is CCCC=CC=CCC=CCC=CCC=CC=CO. The number of aliphatic hydroxyl groups is 1. The minimum atomic E-state index is 0.903. The molecule has 0 aromatic carbocycles. The van der Waals surface area contributed by atoms with Crippen LogP contribution in [-0.4, -0.2) is 5.11 Å². The van der Waals surface area contributed by atoms with Crippen LogP contribution < -0.4 is 0 Å². The Labute approximate surface area is 118 Å². The third-order valence-electron chi connectivity index (χ3n) is 2.32. The van der Waals surface area contributed by atoms with Crippen LogP contribution in [0.3, 0.4) is 0 Å². The molecule has 104 valence electrons. The molecule has 1 N–H and O–H groups in total. The van der Waals surface area contributed by atoms with Crippen LogP contribution in [0, 0.1) is 0 Å². The molecule has 1 nitrogen and oxygen atoms in total. The van der Waals surface area contributed by atoms with E-state index in [4.69, 9.17) is 5.11 Å². The van der Waals surface area contributed by atoms with E-state index in [0.29, 0.717) is 0 Å². The van der Waals surface area contributed by atoms with Crippen LogP contribution in [0.5, 0.6) is 0 Å². The normalized spacial score (nSPS) is 13.5. The molecule has 0 aromatic rings. The number of hydrogen-bond acceptors (Lipinski definition) is 1. The predicted octanol–water partition coefficient (Wildman–Crippen LogP) is 5.81. The molecule has 0 aromatic heterocycles. The van der Waals surface area contributed by atoms with Gasteiger partial charge in [0.15, 0.2) is 0 Å². The molecular weight excluding hydrogens is 232 g/mol. The first kappa shape index (κ1) is 17.2. The van der Waals surface area contributed by atoms with E-state index in [9.17, 15) is 0 Å². The second kappa shape index (κ2) is 16.2. The summed E-state index contributed by atoms with van der Waals surface area (Å²) in [6, 6.07) is 0. The molecule has 0 radical (unpaired) electrons. The van der Waals surface area contributed by atoms with Gasteiger partial charge in [0.25, 0.3) is 0 Å². The average Bonchev–Trinajstić information content (AvgIpc) is 2.43. The molecule has 0 spiro atoms. The summed E-state index contributed by atoms with van der Waals surface area (Å²) in [7, 11) is 0. The zero-order chi connectivity index (χ0) is 14.0. The molecule has 0 atom stereocenters. The standard InChI is InChI=1S/C18H26O/c1-2-3-4-5-6-7-8-9-10-11-12-13-14-15-16-17-18-19/h4-7,9-10,12-13,15-19H,2-3,8,11,14H2,1H3. The van der Waals surface area contributed by atoms with Gasteiger partial charge in [0, 0.05) is 0 Å². The summed E-state index contributed by atoms with van der Waals surface area (Å²) >= 11 is 0. The Morgan fingerprint density at radius 2 is 1.11 bits per heavy atom. The Balaban J connectivity index is 3.50. The first-order chi connectivity index (χ1) is 9.41. The van der Waals surface area contributed by atoms with E-state index in [0.717, 1.165) is 31.9 Å². The second-order valence-corrected chi connectivity index (χ2v) is 4.06. The molecular formula is C18H26O. The lowest BCUT2D eigenvalue weighted by molar-refractivity contribution is 0.473. The number of rotatable bonds is 10. The van der Waals surface area contributed by atoms with Crippen molar-refractivity contribution in [3.63, 3.8) is 0 Å². The number of allylic oxidation sites excluding steroid dienone is 11. The average molecular weight is 258 g/mol. The van der Waals surface area contributed by atoms with E-state index in [2.05, 4.69) is 55.5 Å². The maximum Gasteiger partial charge on any atom is 0.0791 e. The molecule has 0 aliphatic carbocycles. The van der Waals surface area contributed by atoms with Crippen LogP contribution in [0.1, 0.15) is 39.0 Å². The van der Waals surface area contributed by atoms with Gasteiger partial charge in [-0.25, -0.2) is 0 Å². The van der Waals surface area contributed by atoms with Crippen molar-refractivity contribution in [1.29, 1.82) is 0 Å². The zero-order valence-corrected chi connectivity index (χ0v) is 11.9. The Bertz CT molecular complexity index is 341. The van der Waals surface area contributed by atoms with Crippen molar-refractivity contribution in [1.82, 2.24) is 0 Å². The summed E-state index contributed by atoms with van der Waals surface area (Å²) in [5.41, 5.74) is 0. The number of aliphatic hydroxyl groups excluding tert-OH is 1. The zero-order valence-electron chi connectivity index (χ0n) is 11.9. The van der Waals surface area contributed by atoms with Crippen molar-refractivity contribution in [2.24, 2.45) is 0 Å². The van der Waals surface area contributed by atoms with Crippen molar-refractivity contribution in [2.75, 3.05) is 0 Å². The first-order valence-electron chi connectivity index (χ1n) is 6.99. The van der Waals surface area contributed by atoms with Crippen LogP contribution in [-0.2, 0) is 0 Å². The summed E-state index contributed by atoms with van der Waals surface area (Å²) in [4.78, 5) is 0. The molecule has 0 aliphatic rings. The fourth-order valence-electron chi connectivity index (χ4n) is 1.33. The van der Waals surface area contributed by atoms with Gasteiger partial charge >= 0.3 is 0 Å². The van der Waals surface area contributed by atoms with E-state index in [-0.39, 0.29) is 0 Å². The highest BCUT2D eigenvalue weighted by Crippen LogP contribution is 1.94. The summed E-state index contributed by atoms with van der Waals surface area (Å²) in [5, 5.41) is 8.40. The fourth-order valence-corrected chi connectivity index (χ4v) is 1.33. The topological polar surface area (TPSA) is 20.2 Å². The molecule has 0 fully saturated rings. The van der Waals surface area contributed by atoms with Crippen LogP contribution >= 0.6 is 0 Å². The summed E-state index contributed by atoms with van der Waals surface area (Å²) in [5.74, 6) is 0. The van der Waals surface area contributed by atoms with Gasteiger partial charge in [0.2, 0.25) is 0 Å². The van der Waals surface area contributed by atoms with Crippen LogP contribution in [0.4, 0.5) is 0 Å². The van der Waals surface area contributed by atoms with Crippen LogP contribution in [0.15, 0.2) is 73.1 Å². The van der Waals surface area contributed by atoms with Gasteiger partial charge < -0.3 is 5.11 Å². The molecule has 0 aliphatic heterocycles. The monoisotopic (exact) mass is 258 g/mol. The van der Waals surface area contributed by atoms with E-state index in [1.807, 2.05) is 12.2 Å². The molecule has 0 saturated heterocycles. The molecule has 0 rings (SSSR count). The lowest BCUT2D eigenvalue weighted by atomic mass is 10.2. The minimum absolute atomic E-state index is 0.903. The van der Waals surface area contributed by atoms with Gasteiger partial charge in [-0.15, -0.1) is 0 Å². The molecule has 0 saturated carbocycles. The molecule has 0 unspecified atom stereocenters. The van der Waals surface area contributed by atoms with Gasteiger partial charge in [0.1, 0.15) is 0 Å². The minimum Gasteiger partial charge on any atom is -0.516 e. The van der Waals surface area contributed by atoms with Crippen LogP contribution in [0.2, 0.25) is 0 Å². The van der Waals surface area contributed by atoms with Gasteiger partial charge in [-0.1, -0.05) is 74.1 Å². The van der Waals surface area contributed by atoms with Crippen molar-refractivity contribution < 1.29 is 5.11 Å². The molecule has 0 heterocycles. The third-order valence-corrected chi connectivity index (χ3v) is 2.32. The van der Waals surface area contributed by atoms with Crippen LogP contribution in [0.25, 0.3) is 0 Å². The fraction of sp³-hybridized carbons (Fsp3) is 0.333. The smallest absolute Gasteiger partial charge is 0.0791 e. The van der Waals surface area contributed by atoms with Crippen molar-refractivity contribution in [3.05, 3.63) is 73.1 Å². The lowest BCUT2D eigenvalue weighted by Crippen LogP contribution is -1.63. The predicted molar refractivity (Wildman–Crippen MR) is 86.2 cm³/mol. The summed E-state index contributed by atoms with van der Waals surface area (Å²) in [6.45, 7) is 2.18. The van der Waals surface area contributed by atoms with Gasteiger partial charge in [-0.3, -0.25) is 0 Å². The van der Waals surface area contributed by atoms with E-state index < -0.39 is 0 Å². The van der Waals surface area contributed by atoms with Gasteiger partial charge in [0.05, 0.1) is 6.26 Å².